The van der Waals surface area contributed by atoms with Crippen LogP contribution >= 0.6 is 0 Å². The number of carbonyl (C=O) groups excluding carboxylic acids is 2. The smallest absolute Gasteiger partial charge is 0.278 e. The van der Waals surface area contributed by atoms with Gasteiger partial charge >= 0.3 is 0 Å². The molecule has 0 fully saturated rings. The first kappa shape index (κ1) is 23.1. The lowest BCUT2D eigenvalue weighted by Crippen LogP contribution is -2.32. The van der Waals surface area contributed by atoms with Crippen molar-refractivity contribution in [2.75, 3.05) is 19.5 Å². The van der Waals surface area contributed by atoms with Crippen LogP contribution in [0.1, 0.15) is 27.8 Å². The van der Waals surface area contributed by atoms with Crippen molar-refractivity contribution >= 4 is 23.1 Å². The van der Waals surface area contributed by atoms with Crippen molar-refractivity contribution in [3.8, 4) is 11.5 Å². The summed E-state index contributed by atoms with van der Waals surface area (Å²) in [4.78, 5) is 28.5. The number of imide groups is 1. The Hall–Kier alpha value is -4.06. The molecular weight excluding hydrogens is 428 g/mol. The largest absolute Gasteiger partial charge is 0.497 e. The van der Waals surface area contributed by atoms with Crippen molar-refractivity contribution in [2.24, 2.45) is 0 Å². The number of hydrogen-bond donors (Lipinski definition) is 1. The van der Waals surface area contributed by atoms with Gasteiger partial charge in [0.25, 0.3) is 11.8 Å². The molecule has 6 nitrogen and oxygen atoms in total. The lowest BCUT2D eigenvalue weighted by Gasteiger charge is -2.16. The molecule has 1 aliphatic rings. The molecule has 0 bridgehead atoms. The van der Waals surface area contributed by atoms with Crippen LogP contribution in [0.25, 0.3) is 5.57 Å². The summed E-state index contributed by atoms with van der Waals surface area (Å²) in [5.41, 5.74) is 5.89. The molecule has 0 spiro atoms. The number of hydrogen-bond acceptors (Lipinski definition) is 5. The average molecular weight is 457 g/mol. The maximum Gasteiger partial charge on any atom is 0.278 e. The highest BCUT2D eigenvalue weighted by Crippen LogP contribution is 2.36. The monoisotopic (exact) mass is 456 g/mol. The summed E-state index contributed by atoms with van der Waals surface area (Å²) in [5.74, 6) is 0.427. The molecule has 4 rings (SSSR count). The number of ether oxygens (including phenoxy) is 2. The van der Waals surface area contributed by atoms with E-state index in [1.165, 1.54) is 4.90 Å². The topological polar surface area (TPSA) is 67.9 Å². The second kappa shape index (κ2) is 9.43. The van der Waals surface area contributed by atoms with Gasteiger partial charge in [-0.3, -0.25) is 14.5 Å². The average Bonchev–Trinajstić information content (AvgIpc) is 3.05. The van der Waals surface area contributed by atoms with Crippen LogP contribution in [0.2, 0.25) is 0 Å². The van der Waals surface area contributed by atoms with Gasteiger partial charge in [-0.2, -0.15) is 0 Å². The quantitative estimate of drug-likeness (QED) is 0.506. The molecule has 0 aromatic heterocycles. The Morgan fingerprint density at radius 3 is 2.15 bits per heavy atom. The first-order chi connectivity index (χ1) is 16.3. The molecule has 0 saturated heterocycles. The van der Waals surface area contributed by atoms with E-state index in [9.17, 15) is 9.59 Å². The fourth-order valence-electron chi connectivity index (χ4n) is 4.09. The zero-order valence-electron chi connectivity index (χ0n) is 20.1. The first-order valence-electron chi connectivity index (χ1n) is 11.0. The van der Waals surface area contributed by atoms with Crippen molar-refractivity contribution in [3.63, 3.8) is 0 Å². The van der Waals surface area contributed by atoms with Crippen LogP contribution in [-0.2, 0) is 16.1 Å². The number of nitrogens with zero attached hydrogens (tertiary/aromatic N) is 1. The molecule has 174 valence electrons. The van der Waals surface area contributed by atoms with E-state index < -0.39 is 0 Å². The highest BCUT2D eigenvalue weighted by Gasteiger charge is 2.40. The Morgan fingerprint density at radius 2 is 1.50 bits per heavy atom. The number of methoxy groups -OCH3 is 2. The standard InChI is InChI=1S/C28H28N2O4/c1-17-6-9-20(10-7-17)16-30-27(31)25(22-12-8-18(2)14-19(22)3)26(28(30)32)29-23-13-11-21(33-4)15-24(23)34-5/h6-15,29H,16H2,1-5H3. The number of rotatable bonds is 7. The molecule has 0 aliphatic carbocycles. The molecule has 0 unspecified atom stereocenters. The minimum Gasteiger partial charge on any atom is -0.497 e. The Labute approximate surface area is 199 Å². The van der Waals surface area contributed by atoms with Crippen LogP contribution in [0.15, 0.2) is 66.4 Å². The number of amides is 2. The molecule has 0 radical (unpaired) electrons. The summed E-state index contributed by atoms with van der Waals surface area (Å²) in [6.45, 7) is 6.14. The molecular formula is C28H28N2O4. The van der Waals surface area contributed by atoms with Crippen LogP contribution in [-0.4, -0.2) is 30.9 Å². The summed E-state index contributed by atoms with van der Waals surface area (Å²) in [5, 5.41) is 3.19. The summed E-state index contributed by atoms with van der Waals surface area (Å²) in [6.07, 6.45) is 0. The zero-order chi connectivity index (χ0) is 24.4. The van der Waals surface area contributed by atoms with Crippen molar-refractivity contribution in [2.45, 2.75) is 27.3 Å². The minimum absolute atomic E-state index is 0.192. The second-order valence-corrected chi connectivity index (χ2v) is 8.44. The number of nitrogens with one attached hydrogen (secondary N) is 1. The van der Waals surface area contributed by atoms with Crippen molar-refractivity contribution in [3.05, 3.63) is 94.2 Å². The molecule has 3 aromatic carbocycles. The van der Waals surface area contributed by atoms with Crippen molar-refractivity contribution < 1.29 is 19.1 Å². The van der Waals surface area contributed by atoms with Gasteiger partial charge in [-0.1, -0.05) is 53.6 Å². The van der Waals surface area contributed by atoms with E-state index in [4.69, 9.17) is 9.47 Å². The molecule has 0 saturated carbocycles. The maximum absolute atomic E-state index is 13.6. The van der Waals surface area contributed by atoms with Crippen LogP contribution < -0.4 is 14.8 Å². The summed E-state index contributed by atoms with van der Waals surface area (Å²) >= 11 is 0. The lowest BCUT2D eigenvalue weighted by molar-refractivity contribution is -0.137. The number of carbonyl (C=O) groups is 2. The van der Waals surface area contributed by atoms with Gasteiger partial charge in [-0.15, -0.1) is 0 Å². The number of aryl methyl sites for hydroxylation is 3. The van der Waals surface area contributed by atoms with Gasteiger partial charge in [0.2, 0.25) is 0 Å². The van der Waals surface area contributed by atoms with Gasteiger partial charge in [0.1, 0.15) is 17.2 Å². The van der Waals surface area contributed by atoms with Gasteiger partial charge < -0.3 is 14.8 Å². The molecule has 1 N–H and O–H groups in total. The summed E-state index contributed by atoms with van der Waals surface area (Å²) < 4.78 is 10.8. The van der Waals surface area contributed by atoms with Crippen LogP contribution in [0.4, 0.5) is 5.69 Å². The third kappa shape index (κ3) is 4.39. The minimum atomic E-state index is -0.376. The van der Waals surface area contributed by atoms with Crippen molar-refractivity contribution in [1.29, 1.82) is 0 Å². The predicted molar refractivity (Wildman–Crippen MR) is 133 cm³/mol. The molecule has 2 amide bonds. The molecule has 1 heterocycles. The Morgan fingerprint density at radius 1 is 0.794 bits per heavy atom. The lowest BCUT2D eigenvalue weighted by atomic mass is 9.97. The SMILES string of the molecule is COc1ccc(NC2=C(c3ccc(C)cc3C)C(=O)N(Cc3ccc(C)cc3)C2=O)c(OC)c1. The highest BCUT2D eigenvalue weighted by molar-refractivity contribution is 6.36. The first-order valence-corrected chi connectivity index (χ1v) is 11.0. The fourth-order valence-corrected chi connectivity index (χ4v) is 4.09. The van der Waals surface area contributed by atoms with Gasteiger partial charge in [-0.05, 0) is 49.6 Å². The summed E-state index contributed by atoms with van der Waals surface area (Å²) in [7, 11) is 3.12. The molecule has 1 aliphatic heterocycles. The van der Waals surface area contributed by atoms with Crippen LogP contribution in [0.5, 0.6) is 11.5 Å². The van der Waals surface area contributed by atoms with Gasteiger partial charge in [0, 0.05) is 6.07 Å². The molecule has 6 heteroatoms. The van der Waals surface area contributed by atoms with Gasteiger partial charge in [-0.25, -0.2) is 0 Å². The maximum atomic E-state index is 13.6. The van der Waals surface area contributed by atoms with Gasteiger partial charge in [0.05, 0.1) is 32.0 Å². The third-order valence-corrected chi connectivity index (χ3v) is 5.95. The Bertz CT molecular complexity index is 1290. The van der Waals surface area contributed by atoms with Crippen molar-refractivity contribution in [1.82, 2.24) is 4.90 Å². The Kier molecular flexibility index (Phi) is 6.41. The van der Waals surface area contributed by atoms with E-state index in [1.807, 2.05) is 63.2 Å². The van der Waals surface area contributed by atoms with E-state index in [2.05, 4.69) is 5.32 Å². The normalized spacial score (nSPS) is 13.5. The Balaban J connectivity index is 1.79. The van der Waals surface area contributed by atoms with E-state index in [1.54, 1.807) is 32.4 Å². The molecule has 0 atom stereocenters. The molecule has 3 aromatic rings. The van der Waals surface area contributed by atoms with E-state index in [-0.39, 0.29) is 24.1 Å². The second-order valence-electron chi connectivity index (χ2n) is 8.44. The van der Waals surface area contributed by atoms with Crippen LogP contribution in [0.3, 0.4) is 0 Å². The zero-order valence-corrected chi connectivity index (χ0v) is 20.1. The highest BCUT2D eigenvalue weighted by atomic mass is 16.5. The predicted octanol–water partition coefficient (Wildman–Crippen LogP) is 5.02. The van der Waals surface area contributed by atoms with Crippen LogP contribution in [0, 0.1) is 20.8 Å². The number of benzene rings is 3. The number of anilines is 1. The van der Waals surface area contributed by atoms with E-state index in [0.29, 0.717) is 22.8 Å². The summed E-state index contributed by atoms with van der Waals surface area (Å²) in [6, 6.07) is 18.9. The fraction of sp³-hybridized carbons (Fsp3) is 0.214. The van der Waals surface area contributed by atoms with Gasteiger partial charge in [0.15, 0.2) is 0 Å². The molecule has 34 heavy (non-hydrogen) atoms. The van der Waals surface area contributed by atoms with E-state index >= 15 is 0 Å². The van der Waals surface area contributed by atoms with E-state index in [0.717, 1.165) is 27.8 Å². The third-order valence-electron chi connectivity index (χ3n) is 5.95.